The zero-order valence-corrected chi connectivity index (χ0v) is 20.0. The number of hydrogen-bond acceptors (Lipinski definition) is 6. The van der Waals surface area contributed by atoms with E-state index in [0.717, 1.165) is 0 Å². The maximum Gasteiger partial charge on any atom is 0.312 e. The number of esters is 1. The van der Waals surface area contributed by atoms with Crippen LogP contribution in [-0.2, 0) is 14.3 Å². The number of carbonyl (C=O) groups excluding carboxylic acids is 3. The highest BCUT2D eigenvalue weighted by molar-refractivity contribution is 6.30. The van der Waals surface area contributed by atoms with Crippen molar-refractivity contribution >= 4 is 34.9 Å². The van der Waals surface area contributed by atoms with E-state index in [-0.39, 0.29) is 24.7 Å². The van der Waals surface area contributed by atoms with Gasteiger partial charge < -0.3 is 19.1 Å². The van der Waals surface area contributed by atoms with Crippen molar-refractivity contribution in [3.8, 4) is 17.2 Å². The highest BCUT2D eigenvalue weighted by Gasteiger charge is 2.37. The molecular weight excluding hydrogens is 470 g/mol. The number of ketones is 1. The Kier molecular flexibility index (Phi) is 7.36. The fourth-order valence-electron chi connectivity index (χ4n) is 3.81. The molecule has 1 aliphatic heterocycles. The fraction of sp³-hybridized carbons (Fsp3) is 0.222. The molecule has 1 amide bonds. The van der Waals surface area contributed by atoms with Gasteiger partial charge in [0.2, 0.25) is 11.7 Å². The van der Waals surface area contributed by atoms with Gasteiger partial charge >= 0.3 is 5.97 Å². The second-order valence-electron chi connectivity index (χ2n) is 8.10. The van der Waals surface area contributed by atoms with E-state index in [4.69, 9.17) is 25.8 Å². The highest BCUT2D eigenvalue weighted by atomic mass is 35.5. The monoisotopic (exact) mass is 493 g/mol. The molecule has 0 saturated carbocycles. The summed E-state index contributed by atoms with van der Waals surface area (Å²) in [6.45, 7) is 1.69. The lowest BCUT2D eigenvalue weighted by Gasteiger charge is -2.18. The third-order valence-electron chi connectivity index (χ3n) is 5.69. The average Bonchev–Trinajstić information content (AvgIpc) is 3.26. The number of halogens is 1. The number of carbonyl (C=O) groups is 3. The van der Waals surface area contributed by atoms with Gasteiger partial charge in [-0.25, -0.2) is 0 Å². The average molecular weight is 494 g/mol. The molecule has 1 fully saturated rings. The van der Waals surface area contributed by atoms with E-state index >= 15 is 0 Å². The van der Waals surface area contributed by atoms with Crippen LogP contribution in [0.2, 0.25) is 5.02 Å². The molecule has 4 rings (SSSR count). The van der Waals surface area contributed by atoms with E-state index in [1.165, 1.54) is 11.8 Å². The molecule has 180 valence electrons. The Balaban J connectivity index is 1.37. The number of rotatable bonds is 8. The molecule has 0 bridgehead atoms. The molecule has 35 heavy (non-hydrogen) atoms. The number of Topliss-reactive ketones (excluding diaryl/α,β-unsaturated/α-hetero) is 1. The normalized spacial score (nSPS) is 16.0. The molecule has 0 aromatic heterocycles. The molecule has 3 aromatic rings. The largest absolute Gasteiger partial charge is 0.493 e. The third kappa shape index (κ3) is 5.63. The van der Waals surface area contributed by atoms with Gasteiger partial charge in [0.1, 0.15) is 5.75 Å². The van der Waals surface area contributed by atoms with Crippen LogP contribution in [0.4, 0.5) is 5.69 Å². The standard InChI is InChI=1S/C27H24ClNO6/c1-17(26(31)18-7-9-20(28)10-8-18)34-27(32)19-15-25(30)29(16-19)21-11-13-22(14-12-21)35-24-6-4-3-5-23(24)33-2/h3-14,17,19H,15-16H2,1-2H3/t17-,19-/m1/s1. The first kappa shape index (κ1) is 24.3. The highest BCUT2D eigenvalue weighted by Crippen LogP contribution is 2.33. The number of amides is 1. The zero-order valence-electron chi connectivity index (χ0n) is 19.3. The Bertz CT molecular complexity index is 1230. The Labute approximate surface area is 208 Å². The van der Waals surface area contributed by atoms with Crippen LogP contribution >= 0.6 is 11.6 Å². The second kappa shape index (κ2) is 10.6. The van der Waals surface area contributed by atoms with Crippen LogP contribution in [0.1, 0.15) is 23.7 Å². The van der Waals surface area contributed by atoms with Crippen molar-refractivity contribution < 1.29 is 28.6 Å². The maximum atomic E-state index is 12.7. The first-order valence-electron chi connectivity index (χ1n) is 11.1. The molecule has 8 heteroatoms. The fourth-order valence-corrected chi connectivity index (χ4v) is 3.94. The lowest BCUT2D eigenvalue weighted by atomic mass is 10.1. The molecule has 0 unspecified atom stereocenters. The Hall–Kier alpha value is -3.84. The van der Waals surface area contributed by atoms with Gasteiger partial charge in [-0.3, -0.25) is 14.4 Å². The van der Waals surface area contributed by atoms with Gasteiger partial charge in [-0.05, 0) is 67.6 Å². The molecule has 0 radical (unpaired) electrons. The van der Waals surface area contributed by atoms with E-state index in [1.807, 2.05) is 12.1 Å². The summed E-state index contributed by atoms with van der Waals surface area (Å²) in [7, 11) is 1.57. The summed E-state index contributed by atoms with van der Waals surface area (Å²) in [5, 5.41) is 0.509. The molecule has 2 atom stereocenters. The van der Waals surface area contributed by atoms with Crippen molar-refractivity contribution in [3.63, 3.8) is 0 Å². The first-order valence-corrected chi connectivity index (χ1v) is 11.4. The number of benzene rings is 3. The Morgan fingerprint density at radius 3 is 2.29 bits per heavy atom. The Morgan fingerprint density at radius 2 is 1.63 bits per heavy atom. The van der Waals surface area contributed by atoms with Crippen molar-refractivity contribution in [1.82, 2.24) is 0 Å². The predicted molar refractivity (Wildman–Crippen MR) is 131 cm³/mol. The van der Waals surface area contributed by atoms with Crippen LogP contribution < -0.4 is 14.4 Å². The summed E-state index contributed by atoms with van der Waals surface area (Å²) in [6, 6.07) is 20.7. The molecule has 0 aliphatic carbocycles. The number of hydrogen-bond donors (Lipinski definition) is 0. The van der Waals surface area contributed by atoms with E-state index in [2.05, 4.69) is 0 Å². The minimum Gasteiger partial charge on any atom is -0.493 e. The number of para-hydroxylation sites is 2. The van der Waals surface area contributed by atoms with Gasteiger partial charge in [-0.1, -0.05) is 23.7 Å². The summed E-state index contributed by atoms with van der Waals surface area (Å²) < 4.78 is 16.6. The molecular formula is C27H24ClNO6. The third-order valence-corrected chi connectivity index (χ3v) is 5.95. The number of nitrogens with zero attached hydrogens (tertiary/aromatic N) is 1. The molecule has 0 N–H and O–H groups in total. The molecule has 0 spiro atoms. The topological polar surface area (TPSA) is 82.1 Å². The SMILES string of the molecule is COc1ccccc1Oc1ccc(N2C[C@H](C(=O)O[C@H](C)C(=O)c3ccc(Cl)cc3)CC2=O)cc1. The van der Waals surface area contributed by atoms with E-state index < -0.39 is 18.0 Å². The number of anilines is 1. The van der Waals surface area contributed by atoms with Crippen LogP contribution in [0.25, 0.3) is 0 Å². The van der Waals surface area contributed by atoms with E-state index in [0.29, 0.717) is 33.5 Å². The van der Waals surface area contributed by atoms with Crippen molar-refractivity contribution in [2.24, 2.45) is 5.92 Å². The van der Waals surface area contributed by atoms with Crippen LogP contribution in [0.5, 0.6) is 17.2 Å². The van der Waals surface area contributed by atoms with Gasteiger partial charge in [-0.15, -0.1) is 0 Å². The first-order chi connectivity index (χ1) is 16.9. The van der Waals surface area contributed by atoms with Crippen LogP contribution in [-0.4, -0.2) is 37.4 Å². The van der Waals surface area contributed by atoms with Gasteiger partial charge in [0.15, 0.2) is 17.6 Å². The van der Waals surface area contributed by atoms with Crippen LogP contribution in [0, 0.1) is 5.92 Å². The van der Waals surface area contributed by atoms with E-state index in [1.54, 1.807) is 67.8 Å². The minimum atomic E-state index is -0.973. The molecule has 1 saturated heterocycles. The summed E-state index contributed by atoms with van der Waals surface area (Å²) in [4.78, 5) is 39.4. The minimum absolute atomic E-state index is 0.0140. The van der Waals surface area contributed by atoms with Gasteiger partial charge in [0, 0.05) is 29.2 Å². The second-order valence-corrected chi connectivity index (χ2v) is 8.54. The van der Waals surface area contributed by atoms with Gasteiger partial charge in [0.25, 0.3) is 0 Å². The van der Waals surface area contributed by atoms with Crippen molar-refractivity contribution in [2.45, 2.75) is 19.4 Å². The van der Waals surface area contributed by atoms with Gasteiger partial charge in [-0.2, -0.15) is 0 Å². The molecule has 7 nitrogen and oxygen atoms in total. The molecule has 3 aromatic carbocycles. The van der Waals surface area contributed by atoms with Crippen molar-refractivity contribution in [3.05, 3.63) is 83.4 Å². The zero-order chi connectivity index (χ0) is 24.9. The smallest absolute Gasteiger partial charge is 0.312 e. The lowest BCUT2D eigenvalue weighted by molar-refractivity contribution is -0.151. The quantitative estimate of drug-likeness (QED) is 0.312. The lowest BCUT2D eigenvalue weighted by Crippen LogP contribution is -2.30. The van der Waals surface area contributed by atoms with Crippen molar-refractivity contribution in [2.75, 3.05) is 18.6 Å². The number of methoxy groups -OCH3 is 1. The number of ether oxygens (including phenoxy) is 3. The van der Waals surface area contributed by atoms with Crippen LogP contribution in [0.3, 0.4) is 0 Å². The van der Waals surface area contributed by atoms with Crippen LogP contribution in [0.15, 0.2) is 72.8 Å². The summed E-state index contributed by atoms with van der Waals surface area (Å²) in [6.07, 6.45) is -0.959. The van der Waals surface area contributed by atoms with Crippen molar-refractivity contribution in [1.29, 1.82) is 0 Å². The van der Waals surface area contributed by atoms with Gasteiger partial charge in [0.05, 0.1) is 13.0 Å². The maximum absolute atomic E-state index is 12.7. The van der Waals surface area contributed by atoms with E-state index in [9.17, 15) is 14.4 Å². The summed E-state index contributed by atoms with van der Waals surface area (Å²) in [5.41, 5.74) is 1.04. The summed E-state index contributed by atoms with van der Waals surface area (Å²) >= 11 is 5.86. The predicted octanol–water partition coefficient (Wildman–Crippen LogP) is 5.31. The summed E-state index contributed by atoms with van der Waals surface area (Å²) in [5.74, 6) is 0.0000139. The Morgan fingerprint density at radius 1 is 0.971 bits per heavy atom. The molecule has 1 aliphatic rings. The molecule has 1 heterocycles.